The SMILES string of the molecule is CCCCCCC(C)(C)c1nc(O)c(Cc2ccccc2)c(=O)[nH]1. The summed E-state index contributed by atoms with van der Waals surface area (Å²) in [6, 6.07) is 9.63. The van der Waals surface area contributed by atoms with Gasteiger partial charge in [0.05, 0.1) is 5.56 Å². The Hall–Kier alpha value is -2.10. The van der Waals surface area contributed by atoms with Crippen LogP contribution in [0.5, 0.6) is 5.88 Å². The number of H-pyrrole nitrogens is 1. The van der Waals surface area contributed by atoms with E-state index in [4.69, 9.17) is 0 Å². The second-order valence-corrected chi connectivity index (χ2v) is 7.07. The van der Waals surface area contributed by atoms with E-state index in [2.05, 4.69) is 30.7 Å². The number of aromatic amines is 1. The van der Waals surface area contributed by atoms with Crippen LogP contribution in [0.25, 0.3) is 0 Å². The number of hydrogen-bond acceptors (Lipinski definition) is 3. The summed E-state index contributed by atoms with van der Waals surface area (Å²) in [6.07, 6.45) is 6.02. The molecule has 0 bridgehead atoms. The summed E-state index contributed by atoms with van der Waals surface area (Å²) >= 11 is 0. The Kier molecular flexibility index (Phi) is 6.18. The van der Waals surface area contributed by atoms with Gasteiger partial charge in [-0.2, -0.15) is 4.98 Å². The van der Waals surface area contributed by atoms with E-state index in [9.17, 15) is 9.90 Å². The zero-order valence-electron chi connectivity index (χ0n) is 14.9. The van der Waals surface area contributed by atoms with E-state index < -0.39 is 0 Å². The van der Waals surface area contributed by atoms with Gasteiger partial charge in [-0.25, -0.2) is 0 Å². The molecule has 1 aromatic heterocycles. The number of rotatable bonds is 8. The van der Waals surface area contributed by atoms with Crippen LogP contribution in [0.2, 0.25) is 0 Å². The molecule has 0 saturated heterocycles. The van der Waals surface area contributed by atoms with Crippen molar-refractivity contribution >= 4 is 0 Å². The Labute approximate surface area is 144 Å². The maximum Gasteiger partial charge on any atom is 0.258 e. The van der Waals surface area contributed by atoms with Crippen molar-refractivity contribution in [2.75, 3.05) is 0 Å². The quantitative estimate of drug-likeness (QED) is 0.709. The molecule has 4 nitrogen and oxygen atoms in total. The molecule has 2 rings (SSSR count). The Balaban J connectivity index is 2.18. The van der Waals surface area contributed by atoms with Crippen LogP contribution in [0.15, 0.2) is 35.1 Å². The second kappa shape index (κ2) is 8.13. The summed E-state index contributed by atoms with van der Waals surface area (Å²) in [4.78, 5) is 19.6. The van der Waals surface area contributed by atoms with Crippen molar-refractivity contribution in [2.45, 2.75) is 64.7 Å². The number of nitrogens with zero attached hydrogens (tertiary/aromatic N) is 1. The normalized spacial score (nSPS) is 11.6. The molecule has 0 unspecified atom stereocenters. The summed E-state index contributed by atoms with van der Waals surface area (Å²) in [5.41, 5.74) is 0.803. The Morgan fingerprint density at radius 2 is 1.83 bits per heavy atom. The molecular formula is C20H28N2O2. The summed E-state index contributed by atoms with van der Waals surface area (Å²) in [5, 5.41) is 10.3. The highest BCUT2D eigenvalue weighted by Crippen LogP contribution is 2.28. The fourth-order valence-electron chi connectivity index (χ4n) is 2.88. The molecule has 2 aromatic rings. The second-order valence-electron chi connectivity index (χ2n) is 7.07. The molecule has 1 aromatic carbocycles. The van der Waals surface area contributed by atoms with Gasteiger partial charge in [-0.15, -0.1) is 0 Å². The molecule has 0 saturated carbocycles. The van der Waals surface area contributed by atoms with Crippen LogP contribution in [0.3, 0.4) is 0 Å². The third-order valence-corrected chi connectivity index (χ3v) is 4.51. The molecule has 0 aliphatic carbocycles. The van der Waals surface area contributed by atoms with Gasteiger partial charge in [0.2, 0.25) is 5.88 Å². The van der Waals surface area contributed by atoms with Crippen molar-refractivity contribution in [3.63, 3.8) is 0 Å². The van der Waals surface area contributed by atoms with Crippen LogP contribution in [-0.2, 0) is 11.8 Å². The van der Waals surface area contributed by atoms with E-state index in [0.717, 1.165) is 18.4 Å². The van der Waals surface area contributed by atoms with E-state index in [1.54, 1.807) is 0 Å². The Bertz CT molecular complexity index is 705. The Morgan fingerprint density at radius 1 is 1.12 bits per heavy atom. The number of aromatic nitrogens is 2. The van der Waals surface area contributed by atoms with Crippen LogP contribution < -0.4 is 5.56 Å². The van der Waals surface area contributed by atoms with Crippen LogP contribution >= 0.6 is 0 Å². The highest BCUT2D eigenvalue weighted by molar-refractivity contribution is 5.31. The van der Waals surface area contributed by atoms with Gasteiger partial charge >= 0.3 is 0 Å². The molecule has 0 fully saturated rings. The summed E-state index contributed by atoms with van der Waals surface area (Å²) in [7, 11) is 0. The number of hydrogen-bond donors (Lipinski definition) is 2. The van der Waals surface area contributed by atoms with Crippen LogP contribution in [0, 0.1) is 0 Å². The smallest absolute Gasteiger partial charge is 0.258 e. The standard InChI is InChI=1S/C20H28N2O2/c1-4-5-6-10-13-20(2,3)19-21-17(23)16(18(24)22-19)14-15-11-8-7-9-12-15/h7-9,11-12H,4-6,10,13-14H2,1-3H3,(H2,21,22,23,24). The lowest BCUT2D eigenvalue weighted by atomic mass is 9.85. The fraction of sp³-hybridized carbons (Fsp3) is 0.500. The number of unbranched alkanes of at least 4 members (excludes halogenated alkanes) is 3. The third-order valence-electron chi connectivity index (χ3n) is 4.51. The van der Waals surface area contributed by atoms with E-state index in [-0.39, 0.29) is 16.9 Å². The highest BCUT2D eigenvalue weighted by Gasteiger charge is 2.25. The Morgan fingerprint density at radius 3 is 2.46 bits per heavy atom. The summed E-state index contributed by atoms with van der Waals surface area (Å²) < 4.78 is 0. The largest absolute Gasteiger partial charge is 0.493 e. The molecule has 1 heterocycles. The monoisotopic (exact) mass is 328 g/mol. The average Bonchev–Trinajstić information content (AvgIpc) is 2.56. The van der Waals surface area contributed by atoms with Gasteiger partial charge in [-0.1, -0.05) is 76.8 Å². The number of benzene rings is 1. The first-order valence-corrected chi connectivity index (χ1v) is 8.80. The molecule has 0 aliphatic heterocycles. The van der Waals surface area contributed by atoms with Gasteiger partial charge < -0.3 is 10.1 Å². The van der Waals surface area contributed by atoms with Crippen molar-refractivity contribution in [3.05, 3.63) is 57.6 Å². The minimum atomic E-state index is -0.254. The van der Waals surface area contributed by atoms with Gasteiger partial charge in [-0.05, 0) is 12.0 Å². The molecule has 0 aliphatic rings. The van der Waals surface area contributed by atoms with E-state index >= 15 is 0 Å². The molecule has 130 valence electrons. The van der Waals surface area contributed by atoms with E-state index in [0.29, 0.717) is 17.8 Å². The molecule has 0 atom stereocenters. The third kappa shape index (κ3) is 4.70. The van der Waals surface area contributed by atoms with Crippen molar-refractivity contribution < 1.29 is 5.11 Å². The van der Waals surface area contributed by atoms with Gasteiger partial charge in [0.1, 0.15) is 5.82 Å². The van der Waals surface area contributed by atoms with Crippen LogP contribution in [0.1, 0.15) is 69.8 Å². The molecule has 0 spiro atoms. The molecule has 4 heteroatoms. The first kappa shape index (κ1) is 18.2. The molecule has 2 N–H and O–H groups in total. The lowest BCUT2D eigenvalue weighted by molar-refractivity contribution is 0.395. The fourth-order valence-corrected chi connectivity index (χ4v) is 2.88. The highest BCUT2D eigenvalue weighted by atomic mass is 16.3. The van der Waals surface area contributed by atoms with Gasteiger partial charge in [-0.3, -0.25) is 4.79 Å². The maximum atomic E-state index is 12.4. The van der Waals surface area contributed by atoms with Gasteiger partial charge in [0, 0.05) is 11.8 Å². The van der Waals surface area contributed by atoms with Gasteiger partial charge in [0.25, 0.3) is 5.56 Å². The molecule has 24 heavy (non-hydrogen) atoms. The van der Waals surface area contributed by atoms with Crippen LogP contribution in [0.4, 0.5) is 0 Å². The van der Waals surface area contributed by atoms with Crippen molar-refractivity contribution in [2.24, 2.45) is 0 Å². The number of nitrogens with one attached hydrogen (secondary N) is 1. The first-order valence-electron chi connectivity index (χ1n) is 8.80. The number of aromatic hydroxyl groups is 1. The predicted octanol–water partition coefficient (Wildman–Crippen LogP) is 4.31. The molecular weight excluding hydrogens is 300 g/mol. The van der Waals surface area contributed by atoms with Crippen molar-refractivity contribution in [1.82, 2.24) is 9.97 Å². The topological polar surface area (TPSA) is 66.0 Å². The minimum Gasteiger partial charge on any atom is -0.493 e. The first-order chi connectivity index (χ1) is 11.4. The zero-order chi connectivity index (χ0) is 17.6. The van der Waals surface area contributed by atoms with Gasteiger partial charge in [0.15, 0.2) is 0 Å². The van der Waals surface area contributed by atoms with Crippen LogP contribution in [-0.4, -0.2) is 15.1 Å². The van der Waals surface area contributed by atoms with Crippen molar-refractivity contribution in [1.29, 1.82) is 0 Å². The maximum absolute atomic E-state index is 12.4. The predicted molar refractivity (Wildman–Crippen MR) is 97.6 cm³/mol. The van der Waals surface area contributed by atoms with E-state index in [1.807, 2.05) is 30.3 Å². The van der Waals surface area contributed by atoms with E-state index in [1.165, 1.54) is 19.3 Å². The summed E-state index contributed by atoms with van der Waals surface area (Å²) in [6.45, 7) is 6.31. The van der Waals surface area contributed by atoms with Crippen molar-refractivity contribution in [3.8, 4) is 5.88 Å². The lowest BCUT2D eigenvalue weighted by Crippen LogP contribution is -2.27. The average molecular weight is 328 g/mol. The zero-order valence-corrected chi connectivity index (χ0v) is 14.9. The summed E-state index contributed by atoms with van der Waals surface area (Å²) in [5.74, 6) is 0.414. The molecule has 0 radical (unpaired) electrons. The molecule has 0 amide bonds. The lowest BCUT2D eigenvalue weighted by Gasteiger charge is -2.24. The minimum absolute atomic E-state index is 0.153.